The van der Waals surface area contributed by atoms with Crippen LogP contribution in [-0.4, -0.2) is 11.1 Å². The number of benzene rings is 1. The van der Waals surface area contributed by atoms with Crippen molar-refractivity contribution in [3.8, 4) is 6.07 Å². The van der Waals surface area contributed by atoms with Gasteiger partial charge in [0.1, 0.15) is 0 Å². The number of nitrogens with one attached hydrogen (secondary N) is 1. The SMILES string of the molecule is Cc1noc(NC(=O)c2cccc(C#N)c2)c1C. The first kappa shape index (κ1) is 11.9. The van der Waals surface area contributed by atoms with E-state index in [9.17, 15) is 4.79 Å². The molecular formula is C13H11N3O2. The molecule has 1 aromatic heterocycles. The summed E-state index contributed by atoms with van der Waals surface area (Å²) in [5.74, 6) is 0.00575. The zero-order valence-electron chi connectivity index (χ0n) is 10.0. The largest absolute Gasteiger partial charge is 0.338 e. The van der Waals surface area contributed by atoms with Crippen molar-refractivity contribution in [1.29, 1.82) is 5.26 Å². The van der Waals surface area contributed by atoms with Gasteiger partial charge in [-0.2, -0.15) is 5.26 Å². The lowest BCUT2D eigenvalue weighted by molar-refractivity contribution is 0.102. The monoisotopic (exact) mass is 241 g/mol. The van der Waals surface area contributed by atoms with Crippen molar-refractivity contribution in [2.45, 2.75) is 13.8 Å². The molecule has 0 spiro atoms. The first-order chi connectivity index (χ1) is 8.61. The van der Waals surface area contributed by atoms with Gasteiger partial charge in [-0.25, -0.2) is 0 Å². The molecule has 1 N–H and O–H groups in total. The Balaban J connectivity index is 2.22. The predicted molar refractivity (Wildman–Crippen MR) is 65.1 cm³/mol. The van der Waals surface area contributed by atoms with Gasteiger partial charge in [0.05, 0.1) is 17.3 Å². The van der Waals surface area contributed by atoms with Gasteiger partial charge in [-0.15, -0.1) is 0 Å². The smallest absolute Gasteiger partial charge is 0.258 e. The van der Waals surface area contributed by atoms with E-state index in [1.54, 1.807) is 25.1 Å². The van der Waals surface area contributed by atoms with E-state index in [0.29, 0.717) is 17.0 Å². The molecule has 0 unspecified atom stereocenters. The van der Waals surface area contributed by atoms with Crippen LogP contribution in [0.2, 0.25) is 0 Å². The summed E-state index contributed by atoms with van der Waals surface area (Å²) in [4.78, 5) is 11.9. The van der Waals surface area contributed by atoms with Crippen LogP contribution in [-0.2, 0) is 0 Å². The molecule has 0 aliphatic rings. The molecule has 0 radical (unpaired) electrons. The van der Waals surface area contributed by atoms with E-state index in [1.807, 2.05) is 13.0 Å². The predicted octanol–water partition coefficient (Wildman–Crippen LogP) is 2.42. The van der Waals surface area contributed by atoms with Crippen molar-refractivity contribution in [3.05, 3.63) is 46.6 Å². The summed E-state index contributed by atoms with van der Waals surface area (Å²) in [6, 6.07) is 8.44. The number of amides is 1. The van der Waals surface area contributed by atoms with E-state index in [0.717, 1.165) is 11.3 Å². The molecule has 1 heterocycles. The molecular weight excluding hydrogens is 230 g/mol. The fourth-order valence-electron chi connectivity index (χ4n) is 1.44. The molecule has 0 saturated heterocycles. The first-order valence-electron chi connectivity index (χ1n) is 5.36. The van der Waals surface area contributed by atoms with E-state index in [4.69, 9.17) is 9.78 Å². The van der Waals surface area contributed by atoms with Crippen molar-refractivity contribution in [1.82, 2.24) is 5.16 Å². The van der Waals surface area contributed by atoms with Crippen LogP contribution >= 0.6 is 0 Å². The molecule has 0 fully saturated rings. The highest BCUT2D eigenvalue weighted by Crippen LogP contribution is 2.18. The van der Waals surface area contributed by atoms with E-state index in [1.165, 1.54) is 6.07 Å². The van der Waals surface area contributed by atoms with Gasteiger partial charge in [0.25, 0.3) is 5.91 Å². The highest BCUT2D eigenvalue weighted by Gasteiger charge is 2.13. The maximum atomic E-state index is 11.9. The lowest BCUT2D eigenvalue weighted by Gasteiger charge is -2.02. The highest BCUT2D eigenvalue weighted by atomic mass is 16.5. The van der Waals surface area contributed by atoms with E-state index in [-0.39, 0.29) is 5.91 Å². The molecule has 5 nitrogen and oxygen atoms in total. The van der Waals surface area contributed by atoms with Crippen molar-refractivity contribution in [2.24, 2.45) is 0 Å². The number of rotatable bonds is 2. The second-order valence-electron chi connectivity index (χ2n) is 3.87. The third kappa shape index (κ3) is 2.23. The van der Waals surface area contributed by atoms with Crippen LogP contribution in [0.4, 0.5) is 5.88 Å². The number of hydrogen-bond donors (Lipinski definition) is 1. The Bertz CT molecular complexity index is 638. The minimum Gasteiger partial charge on any atom is -0.338 e. The van der Waals surface area contributed by atoms with Gasteiger partial charge in [-0.1, -0.05) is 11.2 Å². The van der Waals surface area contributed by atoms with Crippen molar-refractivity contribution in [3.63, 3.8) is 0 Å². The fraction of sp³-hybridized carbons (Fsp3) is 0.154. The summed E-state index contributed by atoms with van der Waals surface area (Å²) in [6.45, 7) is 3.61. The van der Waals surface area contributed by atoms with Gasteiger partial charge in [-0.05, 0) is 32.0 Å². The standard InChI is InChI=1S/C13H11N3O2/c1-8-9(2)16-18-13(8)15-12(17)11-5-3-4-10(6-11)7-14/h3-6H,1-2H3,(H,15,17). The molecule has 0 atom stereocenters. The van der Waals surface area contributed by atoms with Crippen LogP contribution in [0.1, 0.15) is 27.2 Å². The van der Waals surface area contributed by atoms with Gasteiger partial charge in [-0.3, -0.25) is 10.1 Å². The Morgan fingerprint density at radius 3 is 2.83 bits per heavy atom. The normalized spacial score (nSPS) is 9.83. The van der Waals surface area contributed by atoms with Crippen LogP contribution in [0.25, 0.3) is 0 Å². The molecule has 2 aromatic rings. The van der Waals surface area contributed by atoms with Crippen molar-refractivity contribution in [2.75, 3.05) is 5.32 Å². The molecule has 1 aromatic carbocycles. The van der Waals surface area contributed by atoms with Crippen LogP contribution < -0.4 is 5.32 Å². The fourth-order valence-corrected chi connectivity index (χ4v) is 1.44. The molecule has 5 heteroatoms. The maximum Gasteiger partial charge on any atom is 0.258 e. The topological polar surface area (TPSA) is 78.9 Å². The number of nitriles is 1. The first-order valence-corrected chi connectivity index (χ1v) is 5.36. The minimum atomic E-state index is -0.327. The zero-order chi connectivity index (χ0) is 13.1. The van der Waals surface area contributed by atoms with Gasteiger partial charge in [0.15, 0.2) is 0 Å². The second-order valence-corrected chi connectivity index (χ2v) is 3.87. The Morgan fingerprint density at radius 1 is 1.44 bits per heavy atom. The zero-order valence-corrected chi connectivity index (χ0v) is 10.0. The number of carbonyl (C=O) groups is 1. The maximum absolute atomic E-state index is 11.9. The van der Waals surface area contributed by atoms with Crippen LogP contribution in [0, 0.1) is 25.2 Å². The Kier molecular flexibility index (Phi) is 3.11. The van der Waals surface area contributed by atoms with Gasteiger partial charge >= 0.3 is 0 Å². The molecule has 0 saturated carbocycles. The molecule has 90 valence electrons. The van der Waals surface area contributed by atoms with E-state index >= 15 is 0 Å². The van der Waals surface area contributed by atoms with Gasteiger partial charge in [0.2, 0.25) is 5.88 Å². The number of aryl methyl sites for hydroxylation is 1. The minimum absolute atomic E-state index is 0.327. The summed E-state index contributed by atoms with van der Waals surface area (Å²) >= 11 is 0. The van der Waals surface area contributed by atoms with Gasteiger partial charge in [0, 0.05) is 11.1 Å². The quantitative estimate of drug-likeness (QED) is 0.875. The average Bonchev–Trinajstić information content (AvgIpc) is 2.71. The molecule has 0 aliphatic carbocycles. The molecule has 0 aliphatic heterocycles. The lowest BCUT2D eigenvalue weighted by Crippen LogP contribution is -2.12. The number of aromatic nitrogens is 1. The van der Waals surface area contributed by atoms with Crippen LogP contribution in [0.15, 0.2) is 28.8 Å². The second kappa shape index (κ2) is 4.72. The summed E-state index contributed by atoms with van der Waals surface area (Å²) in [6.07, 6.45) is 0. The lowest BCUT2D eigenvalue weighted by atomic mass is 10.1. The van der Waals surface area contributed by atoms with Gasteiger partial charge < -0.3 is 4.52 Å². The molecule has 2 rings (SSSR count). The number of anilines is 1. The van der Waals surface area contributed by atoms with Crippen molar-refractivity contribution >= 4 is 11.8 Å². The van der Waals surface area contributed by atoms with Crippen molar-refractivity contribution < 1.29 is 9.32 Å². The Hall–Kier alpha value is -2.61. The Morgan fingerprint density at radius 2 is 2.22 bits per heavy atom. The molecule has 0 bridgehead atoms. The molecule has 18 heavy (non-hydrogen) atoms. The molecule has 1 amide bonds. The van der Waals surface area contributed by atoms with Crippen LogP contribution in [0.3, 0.4) is 0 Å². The third-order valence-corrected chi connectivity index (χ3v) is 2.64. The average molecular weight is 241 g/mol. The van der Waals surface area contributed by atoms with E-state index < -0.39 is 0 Å². The number of nitrogens with zero attached hydrogens (tertiary/aromatic N) is 2. The van der Waals surface area contributed by atoms with E-state index in [2.05, 4.69) is 10.5 Å². The Labute approximate surface area is 104 Å². The highest BCUT2D eigenvalue weighted by molar-refractivity contribution is 6.04. The summed E-state index contributed by atoms with van der Waals surface area (Å²) in [5, 5.41) is 15.1. The number of hydrogen-bond acceptors (Lipinski definition) is 4. The summed E-state index contributed by atoms with van der Waals surface area (Å²) in [7, 11) is 0. The number of carbonyl (C=O) groups excluding carboxylic acids is 1. The summed E-state index contributed by atoms with van der Waals surface area (Å²) in [5.41, 5.74) is 2.37. The van der Waals surface area contributed by atoms with Crippen LogP contribution in [0.5, 0.6) is 0 Å². The third-order valence-electron chi connectivity index (χ3n) is 2.64. The summed E-state index contributed by atoms with van der Waals surface area (Å²) < 4.78 is 5.00.